The zero-order valence-corrected chi connectivity index (χ0v) is 16.1. The smallest absolute Gasteiger partial charge is 0.348 e. The third-order valence-corrected chi connectivity index (χ3v) is 5.19. The summed E-state index contributed by atoms with van der Waals surface area (Å²) in [6.45, 7) is 7.14. The minimum atomic E-state index is -0.283. The van der Waals surface area contributed by atoms with Crippen molar-refractivity contribution in [2.45, 2.75) is 27.2 Å². The molecule has 2 heterocycles. The van der Waals surface area contributed by atoms with Gasteiger partial charge < -0.3 is 10.1 Å². The number of benzene rings is 1. The lowest BCUT2D eigenvalue weighted by Gasteiger charge is -2.08. The Labute approximate surface area is 157 Å². The summed E-state index contributed by atoms with van der Waals surface area (Å²) in [5, 5.41) is 4.29. The molecule has 0 atom stereocenters. The number of esters is 1. The predicted molar refractivity (Wildman–Crippen MR) is 106 cm³/mol. The number of hydrogen-bond acceptors (Lipinski definition) is 6. The fourth-order valence-electron chi connectivity index (χ4n) is 2.68. The monoisotopic (exact) mass is 369 g/mol. The highest BCUT2D eigenvalue weighted by molar-refractivity contribution is 7.20. The molecule has 5 nitrogen and oxygen atoms in total. The average molecular weight is 369 g/mol. The molecule has 0 saturated carbocycles. The molecule has 3 aromatic rings. The van der Waals surface area contributed by atoms with Crippen LogP contribution in [0.25, 0.3) is 10.2 Å². The van der Waals surface area contributed by atoms with Crippen LogP contribution in [0.1, 0.15) is 34.6 Å². The first-order valence-corrected chi connectivity index (χ1v) is 9.57. The van der Waals surface area contributed by atoms with Crippen LogP contribution in [0.15, 0.2) is 36.7 Å². The van der Waals surface area contributed by atoms with Gasteiger partial charge in [-0.25, -0.2) is 14.8 Å². The minimum absolute atomic E-state index is 0.283. The number of fused-ring (bicyclic) bond motifs is 1. The van der Waals surface area contributed by atoms with Gasteiger partial charge in [-0.2, -0.15) is 0 Å². The lowest BCUT2D eigenvalue weighted by atomic mass is 10.1. The Morgan fingerprint density at radius 2 is 2.00 bits per heavy atom. The maximum absolute atomic E-state index is 12.4. The average Bonchev–Trinajstić information content (AvgIpc) is 2.98. The third-order valence-electron chi connectivity index (χ3n) is 4.01. The number of rotatable bonds is 7. The van der Waals surface area contributed by atoms with E-state index in [0.717, 1.165) is 34.6 Å². The second kappa shape index (κ2) is 8.27. The lowest BCUT2D eigenvalue weighted by Crippen LogP contribution is -2.10. The van der Waals surface area contributed by atoms with Crippen molar-refractivity contribution in [1.29, 1.82) is 0 Å². The number of hydrogen-bond donors (Lipinski definition) is 1. The van der Waals surface area contributed by atoms with Crippen LogP contribution in [0.4, 0.5) is 5.82 Å². The molecule has 0 aliphatic carbocycles. The number of carbonyl (C=O) groups is 1. The van der Waals surface area contributed by atoms with Crippen molar-refractivity contribution < 1.29 is 9.53 Å². The van der Waals surface area contributed by atoms with Crippen LogP contribution >= 0.6 is 11.3 Å². The highest BCUT2D eigenvalue weighted by Crippen LogP contribution is 2.33. The second-order valence-corrected chi connectivity index (χ2v) is 7.61. The predicted octanol–water partition coefficient (Wildman–Crippen LogP) is 4.47. The molecule has 136 valence electrons. The maximum Gasteiger partial charge on any atom is 0.348 e. The van der Waals surface area contributed by atoms with E-state index in [1.807, 2.05) is 39.0 Å². The molecule has 1 N–H and O–H groups in total. The van der Waals surface area contributed by atoms with Gasteiger partial charge in [-0.15, -0.1) is 11.3 Å². The fraction of sp³-hybridized carbons (Fsp3) is 0.350. The Kier molecular flexibility index (Phi) is 5.83. The second-order valence-electron chi connectivity index (χ2n) is 6.61. The Hall–Kier alpha value is -2.47. The van der Waals surface area contributed by atoms with Crippen molar-refractivity contribution in [3.05, 3.63) is 52.7 Å². The Morgan fingerprint density at radius 3 is 2.73 bits per heavy atom. The highest BCUT2D eigenvalue weighted by Gasteiger charge is 2.20. The molecule has 6 heteroatoms. The van der Waals surface area contributed by atoms with Gasteiger partial charge in [0.05, 0.1) is 12.0 Å². The van der Waals surface area contributed by atoms with Gasteiger partial charge in [-0.05, 0) is 30.4 Å². The number of nitrogens with zero attached hydrogens (tertiary/aromatic N) is 2. The molecular weight excluding hydrogens is 346 g/mol. The summed E-state index contributed by atoms with van der Waals surface area (Å²) in [6.07, 6.45) is 2.44. The molecule has 0 fully saturated rings. The van der Waals surface area contributed by atoms with Gasteiger partial charge in [0.15, 0.2) is 0 Å². The Balaban J connectivity index is 1.77. The molecule has 2 aromatic heterocycles. The van der Waals surface area contributed by atoms with Gasteiger partial charge in [-0.1, -0.05) is 44.2 Å². The maximum atomic E-state index is 12.4. The SMILES string of the molecule is Cc1c(C(=O)OCC(C)C)sc2ncnc(NCCc3ccccc3)c12. The minimum Gasteiger partial charge on any atom is -0.461 e. The fourth-order valence-corrected chi connectivity index (χ4v) is 3.72. The number of carbonyl (C=O) groups excluding carboxylic acids is 1. The van der Waals surface area contributed by atoms with E-state index in [0.29, 0.717) is 17.4 Å². The van der Waals surface area contributed by atoms with Crippen molar-refractivity contribution in [3.63, 3.8) is 0 Å². The Bertz CT molecular complexity index is 891. The molecule has 0 spiro atoms. The third kappa shape index (κ3) is 4.19. The molecule has 0 aliphatic heterocycles. The summed E-state index contributed by atoms with van der Waals surface area (Å²) >= 11 is 1.36. The molecular formula is C20H23N3O2S. The van der Waals surface area contributed by atoms with Gasteiger partial charge in [0.25, 0.3) is 0 Å². The van der Waals surface area contributed by atoms with E-state index in [9.17, 15) is 4.79 Å². The topological polar surface area (TPSA) is 64.1 Å². The molecule has 0 bridgehead atoms. The summed E-state index contributed by atoms with van der Waals surface area (Å²) in [5.74, 6) is 0.792. The first kappa shape index (κ1) is 18.3. The van der Waals surface area contributed by atoms with Gasteiger partial charge in [0.1, 0.15) is 21.9 Å². The van der Waals surface area contributed by atoms with E-state index in [1.54, 1.807) is 0 Å². The number of nitrogens with one attached hydrogen (secondary N) is 1. The first-order chi connectivity index (χ1) is 12.6. The highest BCUT2D eigenvalue weighted by atomic mass is 32.1. The van der Waals surface area contributed by atoms with E-state index in [-0.39, 0.29) is 5.97 Å². The van der Waals surface area contributed by atoms with Crippen LogP contribution in [-0.2, 0) is 11.2 Å². The van der Waals surface area contributed by atoms with E-state index in [4.69, 9.17) is 4.74 Å². The lowest BCUT2D eigenvalue weighted by molar-refractivity contribution is 0.0464. The van der Waals surface area contributed by atoms with E-state index < -0.39 is 0 Å². The normalized spacial score (nSPS) is 11.1. The zero-order valence-electron chi connectivity index (χ0n) is 15.3. The largest absolute Gasteiger partial charge is 0.461 e. The van der Waals surface area contributed by atoms with Gasteiger partial charge in [0.2, 0.25) is 0 Å². The molecule has 0 saturated heterocycles. The number of thiophene rings is 1. The summed E-state index contributed by atoms with van der Waals surface area (Å²) < 4.78 is 5.38. The molecule has 26 heavy (non-hydrogen) atoms. The summed E-state index contributed by atoms with van der Waals surface area (Å²) in [5.41, 5.74) is 2.15. The number of aromatic nitrogens is 2. The quantitative estimate of drug-likeness (QED) is 0.623. The first-order valence-electron chi connectivity index (χ1n) is 8.75. The Morgan fingerprint density at radius 1 is 1.23 bits per heavy atom. The van der Waals surface area contributed by atoms with Crippen molar-refractivity contribution in [3.8, 4) is 0 Å². The zero-order chi connectivity index (χ0) is 18.5. The van der Waals surface area contributed by atoms with Crippen molar-refractivity contribution >= 4 is 33.3 Å². The van der Waals surface area contributed by atoms with Crippen LogP contribution < -0.4 is 5.32 Å². The van der Waals surface area contributed by atoms with Crippen LogP contribution in [0.5, 0.6) is 0 Å². The molecule has 0 radical (unpaired) electrons. The van der Waals surface area contributed by atoms with Gasteiger partial charge in [0, 0.05) is 6.54 Å². The number of aryl methyl sites for hydroxylation is 1. The van der Waals surface area contributed by atoms with Crippen LogP contribution in [-0.4, -0.2) is 29.1 Å². The standard InChI is InChI=1S/C20H23N3O2S/c1-13(2)11-25-20(24)17-14(3)16-18(22-12-23-19(16)26-17)21-10-9-15-7-5-4-6-8-15/h4-8,12-13H,9-11H2,1-3H3,(H,21,22,23). The van der Waals surface area contributed by atoms with Crippen LogP contribution in [0.2, 0.25) is 0 Å². The van der Waals surface area contributed by atoms with Crippen molar-refractivity contribution in [2.24, 2.45) is 5.92 Å². The number of ether oxygens (including phenoxy) is 1. The van der Waals surface area contributed by atoms with Crippen molar-refractivity contribution in [1.82, 2.24) is 9.97 Å². The van der Waals surface area contributed by atoms with Crippen LogP contribution in [0, 0.1) is 12.8 Å². The summed E-state index contributed by atoms with van der Waals surface area (Å²) in [7, 11) is 0. The van der Waals surface area contributed by atoms with Crippen LogP contribution in [0.3, 0.4) is 0 Å². The molecule has 0 aliphatic rings. The van der Waals surface area contributed by atoms with E-state index >= 15 is 0 Å². The molecule has 3 rings (SSSR count). The molecule has 0 amide bonds. The summed E-state index contributed by atoms with van der Waals surface area (Å²) in [6, 6.07) is 10.3. The molecule has 0 unspecified atom stereocenters. The van der Waals surface area contributed by atoms with Crippen molar-refractivity contribution in [2.75, 3.05) is 18.5 Å². The van der Waals surface area contributed by atoms with Gasteiger partial charge >= 0.3 is 5.97 Å². The summed E-state index contributed by atoms with van der Waals surface area (Å²) in [4.78, 5) is 22.5. The van der Waals surface area contributed by atoms with Gasteiger partial charge in [-0.3, -0.25) is 0 Å². The van der Waals surface area contributed by atoms with E-state index in [2.05, 4.69) is 27.4 Å². The van der Waals surface area contributed by atoms with E-state index in [1.165, 1.54) is 23.2 Å². The number of anilines is 1. The molecule has 1 aromatic carbocycles.